The maximum absolute atomic E-state index is 9.48. The molecule has 0 aliphatic heterocycles. The standard InChI is InChI=1S/C50H30O/c1-2-12-34-28-37(23-20-31(34)10-1)48-39-15-5-7-17-41(39)49(42-18-8-6-16-40(42)48)43-19-9-13-33-21-22-35(29-44(33)43)36-25-26-46-45(30-36)50-38-14-4-3-11-32(38)24-27-47(50)51-46/h1-30H/i5D,6D,7D,8D,15D,16D,17D,18D. The van der Waals surface area contributed by atoms with Crippen LogP contribution in [0, 0.1) is 0 Å². The molecule has 0 amide bonds. The van der Waals surface area contributed by atoms with Crippen molar-refractivity contribution in [1.29, 1.82) is 0 Å². The van der Waals surface area contributed by atoms with Crippen LogP contribution in [-0.2, 0) is 0 Å². The Bertz CT molecular complexity index is 3580. The topological polar surface area (TPSA) is 13.1 Å². The molecule has 10 aromatic carbocycles. The highest BCUT2D eigenvalue weighted by Gasteiger charge is 2.19. The maximum atomic E-state index is 9.48. The Morgan fingerprint density at radius 1 is 0.353 bits per heavy atom. The van der Waals surface area contributed by atoms with E-state index in [0.29, 0.717) is 22.3 Å². The molecule has 0 bridgehead atoms. The number of rotatable bonds is 3. The van der Waals surface area contributed by atoms with E-state index in [4.69, 9.17) is 9.90 Å². The minimum atomic E-state index is -0.428. The molecule has 11 aromatic rings. The van der Waals surface area contributed by atoms with Gasteiger partial charge in [0.05, 0.1) is 11.0 Å². The Morgan fingerprint density at radius 3 is 1.69 bits per heavy atom. The zero-order valence-electron chi connectivity index (χ0n) is 35.1. The zero-order valence-corrected chi connectivity index (χ0v) is 27.1. The molecule has 0 spiro atoms. The molecule has 1 nitrogen and oxygen atoms in total. The van der Waals surface area contributed by atoms with Crippen molar-refractivity contribution in [2.24, 2.45) is 0 Å². The summed E-state index contributed by atoms with van der Waals surface area (Å²) in [6.45, 7) is 0. The lowest BCUT2D eigenvalue weighted by molar-refractivity contribution is 0.669. The molecule has 0 aliphatic carbocycles. The summed E-state index contributed by atoms with van der Waals surface area (Å²) in [5.74, 6) is 0. The molecule has 51 heavy (non-hydrogen) atoms. The highest BCUT2D eigenvalue weighted by atomic mass is 16.3. The summed E-state index contributed by atoms with van der Waals surface area (Å²) < 4.78 is 79.6. The van der Waals surface area contributed by atoms with E-state index in [1.807, 2.05) is 103 Å². The van der Waals surface area contributed by atoms with Gasteiger partial charge in [0.25, 0.3) is 0 Å². The first kappa shape index (κ1) is 21.4. The van der Waals surface area contributed by atoms with E-state index in [1.54, 1.807) is 0 Å². The Labute approximate surface area is 305 Å². The molecule has 0 fully saturated rings. The Hall–Kier alpha value is -6.70. The second-order valence-corrected chi connectivity index (χ2v) is 13.0. The Kier molecular flexibility index (Phi) is 4.57. The van der Waals surface area contributed by atoms with E-state index in [9.17, 15) is 5.48 Å². The molecule has 0 radical (unpaired) electrons. The number of hydrogen-bond acceptors (Lipinski definition) is 1. The maximum Gasteiger partial charge on any atom is 0.136 e. The second-order valence-electron chi connectivity index (χ2n) is 13.0. The minimum absolute atomic E-state index is 0.188. The van der Waals surface area contributed by atoms with Crippen LogP contribution in [-0.4, -0.2) is 0 Å². The average Bonchev–Trinajstić information content (AvgIpc) is 3.66. The summed E-state index contributed by atoms with van der Waals surface area (Å²) in [5.41, 5.74) is 5.23. The molecular formula is C50H30O. The number of fused-ring (bicyclic) bond motifs is 9. The van der Waals surface area contributed by atoms with Crippen LogP contribution in [0.15, 0.2) is 186 Å². The van der Waals surface area contributed by atoms with Gasteiger partial charge < -0.3 is 4.42 Å². The van der Waals surface area contributed by atoms with E-state index < -0.39 is 24.2 Å². The van der Waals surface area contributed by atoms with Crippen LogP contribution in [0.3, 0.4) is 0 Å². The molecule has 1 heterocycles. The van der Waals surface area contributed by atoms with Crippen molar-refractivity contribution >= 4 is 75.8 Å². The van der Waals surface area contributed by atoms with Crippen LogP contribution in [0.5, 0.6) is 0 Å². The highest BCUT2D eigenvalue weighted by molar-refractivity contribution is 6.24. The van der Waals surface area contributed by atoms with Gasteiger partial charge in [0, 0.05) is 10.8 Å². The van der Waals surface area contributed by atoms with Gasteiger partial charge in [-0.05, 0) is 118 Å². The smallest absolute Gasteiger partial charge is 0.136 e. The first-order chi connectivity index (χ1) is 28.6. The van der Waals surface area contributed by atoms with Crippen molar-refractivity contribution in [2.75, 3.05) is 0 Å². The zero-order chi connectivity index (χ0) is 40.4. The van der Waals surface area contributed by atoms with Crippen molar-refractivity contribution in [3.05, 3.63) is 182 Å². The third-order valence-corrected chi connectivity index (χ3v) is 10.3. The first-order valence-electron chi connectivity index (χ1n) is 20.9. The molecular weight excluding hydrogens is 617 g/mol. The predicted octanol–water partition coefficient (Wildman–Crippen LogP) is 14.4. The Balaban J connectivity index is 1.27. The summed E-state index contributed by atoms with van der Waals surface area (Å²) >= 11 is 0. The monoisotopic (exact) mass is 654 g/mol. The third kappa shape index (κ3) is 4.28. The van der Waals surface area contributed by atoms with Crippen LogP contribution in [0.25, 0.3) is 109 Å². The van der Waals surface area contributed by atoms with Gasteiger partial charge in [-0.1, -0.05) is 151 Å². The lowest BCUT2D eigenvalue weighted by Crippen LogP contribution is -1.92. The summed E-state index contributed by atoms with van der Waals surface area (Å²) in [4.78, 5) is 0. The fraction of sp³-hybridized carbons (Fsp3) is 0. The van der Waals surface area contributed by atoms with E-state index in [2.05, 4.69) is 30.3 Å². The van der Waals surface area contributed by atoms with Gasteiger partial charge in [0.1, 0.15) is 11.2 Å². The van der Waals surface area contributed by atoms with Crippen molar-refractivity contribution < 1.29 is 15.4 Å². The van der Waals surface area contributed by atoms with Crippen LogP contribution in [0.1, 0.15) is 11.0 Å². The quantitative estimate of drug-likeness (QED) is 0.173. The predicted molar refractivity (Wildman–Crippen MR) is 218 cm³/mol. The van der Waals surface area contributed by atoms with Gasteiger partial charge in [0.2, 0.25) is 0 Å². The lowest BCUT2D eigenvalue weighted by atomic mass is 9.84. The molecule has 0 saturated heterocycles. The SMILES string of the molecule is [2H]c1c([2H])c([2H])c2c(-c3cccc4ccc(-c5ccc6oc7ccc8ccccc8c7c6c5)cc34)c3c([2H])c([2H])c([2H])c([2H])c3c(-c3ccc4ccccc4c3)c2c1[2H]. The second kappa shape index (κ2) is 10.9. The fourth-order valence-electron chi connectivity index (χ4n) is 7.92. The van der Waals surface area contributed by atoms with Crippen LogP contribution in [0.2, 0.25) is 0 Å². The largest absolute Gasteiger partial charge is 0.456 e. The number of furan rings is 1. The van der Waals surface area contributed by atoms with Gasteiger partial charge >= 0.3 is 0 Å². The van der Waals surface area contributed by atoms with E-state index in [0.717, 1.165) is 65.4 Å². The molecule has 1 heteroatoms. The lowest BCUT2D eigenvalue weighted by Gasteiger charge is -2.19. The average molecular weight is 655 g/mol. The van der Waals surface area contributed by atoms with E-state index in [-0.39, 0.29) is 45.7 Å². The summed E-state index contributed by atoms with van der Waals surface area (Å²) in [6.07, 6.45) is 0. The van der Waals surface area contributed by atoms with E-state index >= 15 is 0 Å². The minimum Gasteiger partial charge on any atom is -0.456 e. The molecule has 11 rings (SSSR count). The normalized spacial score (nSPS) is 14.1. The Morgan fingerprint density at radius 2 is 0.902 bits per heavy atom. The first-order valence-corrected chi connectivity index (χ1v) is 16.9. The van der Waals surface area contributed by atoms with Crippen LogP contribution < -0.4 is 0 Å². The van der Waals surface area contributed by atoms with Gasteiger partial charge in [-0.25, -0.2) is 0 Å². The van der Waals surface area contributed by atoms with E-state index in [1.165, 1.54) is 0 Å². The molecule has 1 aromatic heterocycles. The van der Waals surface area contributed by atoms with Gasteiger partial charge in [0.15, 0.2) is 0 Å². The van der Waals surface area contributed by atoms with Gasteiger partial charge in [-0.2, -0.15) is 0 Å². The fourth-order valence-corrected chi connectivity index (χ4v) is 7.92. The summed E-state index contributed by atoms with van der Waals surface area (Å²) in [7, 11) is 0. The van der Waals surface area contributed by atoms with Crippen molar-refractivity contribution in [2.45, 2.75) is 0 Å². The highest BCUT2D eigenvalue weighted by Crippen LogP contribution is 2.46. The molecule has 0 atom stereocenters. The van der Waals surface area contributed by atoms with Crippen molar-refractivity contribution in [3.63, 3.8) is 0 Å². The summed E-state index contributed by atoms with van der Waals surface area (Å²) in [5, 5.41) is 8.45. The van der Waals surface area contributed by atoms with Crippen molar-refractivity contribution in [1.82, 2.24) is 0 Å². The molecule has 0 saturated carbocycles. The third-order valence-electron chi connectivity index (χ3n) is 10.3. The molecule has 0 aliphatic rings. The molecule has 0 N–H and O–H groups in total. The van der Waals surface area contributed by atoms with Crippen molar-refractivity contribution in [3.8, 4) is 33.4 Å². The molecule has 236 valence electrons. The number of benzene rings is 10. The molecule has 0 unspecified atom stereocenters. The van der Waals surface area contributed by atoms with Gasteiger partial charge in [-0.3, -0.25) is 0 Å². The number of hydrogen-bond donors (Lipinski definition) is 0. The van der Waals surface area contributed by atoms with Gasteiger partial charge in [-0.15, -0.1) is 0 Å². The van der Waals surface area contributed by atoms with Crippen LogP contribution >= 0.6 is 0 Å². The van der Waals surface area contributed by atoms with Crippen LogP contribution in [0.4, 0.5) is 0 Å². The summed E-state index contributed by atoms with van der Waals surface area (Å²) in [6, 6.07) is 40.9.